The van der Waals surface area contributed by atoms with Crippen molar-refractivity contribution in [2.45, 2.75) is 52.2 Å². The van der Waals surface area contributed by atoms with Crippen molar-refractivity contribution in [2.24, 2.45) is 0 Å². The number of aromatic nitrogens is 1. The molecule has 0 saturated carbocycles. The average molecular weight is 316 g/mol. The Kier molecular flexibility index (Phi) is 5.27. The van der Waals surface area contributed by atoms with Crippen LogP contribution in [0.1, 0.15) is 46.6 Å². The highest BCUT2D eigenvalue weighted by Crippen LogP contribution is 2.36. The Hall–Kier alpha value is -1.66. The van der Waals surface area contributed by atoms with Crippen molar-refractivity contribution in [2.75, 3.05) is 6.54 Å². The van der Waals surface area contributed by atoms with Gasteiger partial charge < -0.3 is 14.6 Å². The molecule has 0 aromatic carbocycles. The molecule has 1 aliphatic heterocycles. The van der Waals surface area contributed by atoms with Gasteiger partial charge in [0.1, 0.15) is 0 Å². The lowest BCUT2D eigenvalue weighted by atomic mass is 9.80. The molecule has 1 aliphatic rings. The predicted molar refractivity (Wildman–Crippen MR) is 92.3 cm³/mol. The highest BCUT2D eigenvalue weighted by molar-refractivity contribution is 6.62. The zero-order valence-corrected chi connectivity index (χ0v) is 14.6. The van der Waals surface area contributed by atoms with Crippen LogP contribution in [-0.4, -0.2) is 35.8 Å². The molecule has 0 aliphatic carbocycles. The number of carbonyl (C=O) groups is 1. The zero-order chi connectivity index (χ0) is 17.1. The zero-order valence-electron chi connectivity index (χ0n) is 14.6. The van der Waals surface area contributed by atoms with Gasteiger partial charge in [0.15, 0.2) is 0 Å². The highest BCUT2D eigenvalue weighted by Gasteiger charge is 2.51. The molecular formula is C17H25BN2O3. The van der Waals surface area contributed by atoms with E-state index in [1.54, 1.807) is 12.4 Å². The first-order valence-corrected chi connectivity index (χ1v) is 7.93. The first-order valence-electron chi connectivity index (χ1n) is 7.93. The number of hydrogen-bond acceptors (Lipinski definition) is 4. The first-order chi connectivity index (χ1) is 10.7. The summed E-state index contributed by atoms with van der Waals surface area (Å²) >= 11 is 0. The summed E-state index contributed by atoms with van der Waals surface area (Å²) in [6.07, 6.45) is 8.35. The van der Waals surface area contributed by atoms with Crippen LogP contribution in [0.3, 0.4) is 0 Å². The van der Waals surface area contributed by atoms with Gasteiger partial charge in [0, 0.05) is 31.3 Å². The summed E-state index contributed by atoms with van der Waals surface area (Å²) < 4.78 is 12.1. The lowest BCUT2D eigenvalue weighted by molar-refractivity contribution is -0.118. The molecule has 1 amide bonds. The number of rotatable bonds is 5. The topological polar surface area (TPSA) is 60.5 Å². The minimum Gasteiger partial charge on any atom is -0.399 e. The van der Waals surface area contributed by atoms with E-state index >= 15 is 0 Å². The molecule has 0 atom stereocenters. The maximum atomic E-state index is 10.8. The summed E-state index contributed by atoms with van der Waals surface area (Å²) in [5, 5.41) is 2.76. The van der Waals surface area contributed by atoms with E-state index in [4.69, 9.17) is 9.31 Å². The summed E-state index contributed by atoms with van der Waals surface area (Å²) in [4.78, 5) is 15.1. The molecule has 6 heteroatoms. The smallest absolute Gasteiger partial charge is 0.399 e. The van der Waals surface area contributed by atoms with Crippen LogP contribution < -0.4 is 10.8 Å². The molecule has 0 unspecified atom stereocenters. The van der Waals surface area contributed by atoms with Gasteiger partial charge in [-0.3, -0.25) is 9.78 Å². The van der Waals surface area contributed by atoms with Gasteiger partial charge in [-0.1, -0.05) is 18.2 Å². The Morgan fingerprint density at radius 2 is 1.91 bits per heavy atom. The van der Waals surface area contributed by atoms with E-state index < -0.39 is 7.12 Å². The van der Waals surface area contributed by atoms with Crippen LogP contribution in [0.5, 0.6) is 0 Å². The van der Waals surface area contributed by atoms with Crippen molar-refractivity contribution in [1.29, 1.82) is 0 Å². The van der Waals surface area contributed by atoms with E-state index in [1.165, 1.54) is 6.92 Å². The third kappa shape index (κ3) is 4.42. The fourth-order valence-electron chi connectivity index (χ4n) is 2.23. The number of pyridine rings is 1. The standard InChI is InChI=1S/C17H25BN2O3/c1-13(21)20-9-7-6-8-14-10-15(12-19-11-14)18-22-16(2,3)17(4,5)23-18/h6,8,10-12H,7,9H2,1-5H3,(H,20,21). The third-order valence-electron chi connectivity index (χ3n) is 4.30. The van der Waals surface area contributed by atoms with E-state index in [0.29, 0.717) is 6.54 Å². The van der Waals surface area contributed by atoms with Gasteiger partial charge in [0.25, 0.3) is 0 Å². The molecule has 1 fully saturated rings. The average Bonchev–Trinajstić information content (AvgIpc) is 2.67. The minimum absolute atomic E-state index is 0.0113. The highest BCUT2D eigenvalue weighted by atomic mass is 16.7. The van der Waals surface area contributed by atoms with E-state index in [-0.39, 0.29) is 17.1 Å². The molecule has 23 heavy (non-hydrogen) atoms. The van der Waals surface area contributed by atoms with Crippen LogP contribution in [0, 0.1) is 0 Å². The van der Waals surface area contributed by atoms with Crippen molar-refractivity contribution in [3.63, 3.8) is 0 Å². The number of nitrogens with zero attached hydrogens (tertiary/aromatic N) is 1. The Morgan fingerprint density at radius 3 is 2.52 bits per heavy atom. The molecule has 124 valence electrons. The number of carbonyl (C=O) groups excluding carboxylic acids is 1. The number of amides is 1. The van der Waals surface area contributed by atoms with Crippen LogP contribution in [-0.2, 0) is 14.1 Å². The number of nitrogens with one attached hydrogen (secondary N) is 1. The molecule has 2 heterocycles. The fraction of sp³-hybridized carbons (Fsp3) is 0.529. The molecule has 1 saturated heterocycles. The van der Waals surface area contributed by atoms with Crippen LogP contribution >= 0.6 is 0 Å². The van der Waals surface area contributed by atoms with Crippen LogP contribution in [0.2, 0.25) is 0 Å². The Labute approximate surface area is 138 Å². The Balaban J connectivity index is 2.01. The van der Waals surface area contributed by atoms with E-state index in [2.05, 4.69) is 10.3 Å². The monoisotopic (exact) mass is 316 g/mol. The van der Waals surface area contributed by atoms with Gasteiger partial charge in [-0.25, -0.2) is 0 Å². The minimum atomic E-state index is -0.403. The molecule has 1 aromatic heterocycles. The van der Waals surface area contributed by atoms with Crippen molar-refractivity contribution in [3.05, 3.63) is 30.1 Å². The Bertz CT molecular complexity index is 583. The summed E-state index contributed by atoms with van der Waals surface area (Å²) in [5.41, 5.74) is 1.18. The van der Waals surface area contributed by atoms with E-state index in [0.717, 1.165) is 17.4 Å². The molecule has 0 radical (unpaired) electrons. The Morgan fingerprint density at radius 1 is 1.26 bits per heavy atom. The molecule has 0 spiro atoms. The van der Waals surface area contributed by atoms with Gasteiger partial charge >= 0.3 is 7.12 Å². The summed E-state index contributed by atoms with van der Waals surface area (Å²) in [6.45, 7) is 10.3. The normalized spacial score (nSPS) is 19.3. The maximum Gasteiger partial charge on any atom is 0.496 e. The quantitative estimate of drug-likeness (QED) is 0.666. The molecule has 1 N–H and O–H groups in total. The largest absolute Gasteiger partial charge is 0.496 e. The molecule has 2 rings (SSSR count). The first kappa shape index (κ1) is 17.7. The van der Waals surface area contributed by atoms with Crippen molar-refractivity contribution < 1.29 is 14.1 Å². The summed E-state index contributed by atoms with van der Waals surface area (Å²) in [6, 6.07) is 2.02. The molecule has 5 nitrogen and oxygen atoms in total. The van der Waals surface area contributed by atoms with Crippen LogP contribution in [0.15, 0.2) is 24.5 Å². The van der Waals surface area contributed by atoms with E-state index in [1.807, 2.05) is 45.9 Å². The van der Waals surface area contributed by atoms with Gasteiger partial charge in [0.2, 0.25) is 5.91 Å². The van der Waals surface area contributed by atoms with Gasteiger partial charge in [-0.05, 0) is 39.7 Å². The molecular weight excluding hydrogens is 291 g/mol. The number of hydrogen-bond donors (Lipinski definition) is 1. The fourth-order valence-corrected chi connectivity index (χ4v) is 2.23. The SMILES string of the molecule is CC(=O)NCCC=Cc1cncc(B2OC(C)(C)C(C)(C)O2)c1. The van der Waals surface area contributed by atoms with Gasteiger partial charge in [0.05, 0.1) is 11.2 Å². The summed E-state index contributed by atoms with van der Waals surface area (Å²) in [5.74, 6) is -0.0113. The lowest BCUT2D eigenvalue weighted by Crippen LogP contribution is -2.41. The van der Waals surface area contributed by atoms with Crippen LogP contribution in [0.4, 0.5) is 0 Å². The second-order valence-electron chi connectivity index (χ2n) is 6.81. The second kappa shape index (κ2) is 6.85. The van der Waals surface area contributed by atoms with E-state index in [9.17, 15) is 4.79 Å². The van der Waals surface area contributed by atoms with Crippen molar-refractivity contribution in [1.82, 2.24) is 10.3 Å². The lowest BCUT2D eigenvalue weighted by Gasteiger charge is -2.32. The predicted octanol–water partition coefficient (Wildman–Crippen LogP) is 1.92. The van der Waals surface area contributed by atoms with Gasteiger partial charge in [-0.2, -0.15) is 0 Å². The third-order valence-corrected chi connectivity index (χ3v) is 4.30. The van der Waals surface area contributed by atoms with Crippen molar-refractivity contribution in [3.8, 4) is 0 Å². The second-order valence-corrected chi connectivity index (χ2v) is 6.81. The van der Waals surface area contributed by atoms with Crippen LogP contribution in [0.25, 0.3) is 6.08 Å². The maximum absolute atomic E-state index is 10.8. The van der Waals surface area contributed by atoms with Gasteiger partial charge in [-0.15, -0.1) is 0 Å². The van der Waals surface area contributed by atoms with Crippen molar-refractivity contribution >= 4 is 24.6 Å². The molecule has 1 aromatic rings. The molecule has 0 bridgehead atoms. The summed E-state index contributed by atoms with van der Waals surface area (Å²) in [7, 11) is -0.403.